The molecule has 0 spiro atoms. The van der Waals surface area contributed by atoms with Crippen LogP contribution in [0.5, 0.6) is 28.7 Å². The van der Waals surface area contributed by atoms with Crippen LogP contribution >= 0.6 is 0 Å². The highest BCUT2D eigenvalue weighted by Crippen LogP contribution is 2.38. The lowest BCUT2D eigenvalue weighted by molar-refractivity contribution is 0.257. The number of nitrogens with zero attached hydrogens (tertiary/aromatic N) is 2. The summed E-state index contributed by atoms with van der Waals surface area (Å²) in [5.41, 5.74) is 0.900. The molecule has 0 fully saturated rings. The van der Waals surface area contributed by atoms with Gasteiger partial charge < -0.3 is 24.3 Å². The van der Waals surface area contributed by atoms with Gasteiger partial charge in [0.25, 0.3) is 0 Å². The molecule has 1 aromatic heterocycles. The number of methoxy groups -OCH3 is 3. The van der Waals surface area contributed by atoms with Crippen LogP contribution in [0.25, 0.3) is 10.9 Å². The monoisotopic (exact) mass is 495 g/mol. The Labute approximate surface area is 206 Å². The molecular weight excluding hydrogens is 472 g/mol. The van der Waals surface area contributed by atoms with Gasteiger partial charge in [0.1, 0.15) is 28.9 Å². The van der Waals surface area contributed by atoms with Gasteiger partial charge in [-0.25, -0.2) is 13.6 Å². The molecule has 1 heterocycles. The summed E-state index contributed by atoms with van der Waals surface area (Å²) in [7, 11) is 5.90. The van der Waals surface area contributed by atoms with Gasteiger partial charge in [-0.05, 0) is 36.4 Å². The maximum absolute atomic E-state index is 14.1. The lowest BCUT2D eigenvalue weighted by Gasteiger charge is -2.20. The fraction of sp³-hybridized carbons (Fsp3) is 0.154. The second-order valence-corrected chi connectivity index (χ2v) is 7.58. The molecule has 4 aromatic rings. The van der Waals surface area contributed by atoms with Crippen molar-refractivity contribution in [3.05, 3.63) is 72.4 Å². The first kappa shape index (κ1) is 24.5. The first-order valence-corrected chi connectivity index (χ1v) is 10.7. The molecule has 0 bridgehead atoms. The van der Waals surface area contributed by atoms with Crippen molar-refractivity contribution in [2.24, 2.45) is 0 Å². The summed E-state index contributed by atoms with van der Waals surface area (Å²) in [5, 5.41) is 3.36. The van der Waals surface area contributed by atoms with Gasteiger partial charge in [-0.1, -0.05) is 0 Å². The van der Waals surface area contributed by atoms with Crippen LogP contribution in [0.1, 0.15) is 0 Å². The normalized spacial score (nSPS) is 10.6. The average Bonchev–Trinajstić information content (AvgIpc) is 2.88. The Hall–Kier alpha value is -4.60. The SMILES string of the molecule is COc1cc(Oc2ccnc3cc(OC)c(OC)cc23)ccc1NC(=O)N(C)c1ccc(F)cc1F. The third-order valence-electron chi connectivity index (χ3n) is 5.42. The number of urea groups is 1. The quantitative estimate of drug-likeness (QED) is 0.339. The van der Waals surface area contributed by atoms with E-state index >= 15 is 0 Å². The van der Waals surface area contributed by atoms with Gasteiger partial charge in [0.15, 0.2) is 11.5 Å². The van der Waals surface area contributed by atoms with E-state index in [1.54, 1.807) is 56.8 Å². The number of hydrogen-bond donors (Lipinski definition) is 1. The predicted molar refractivity (Wildman–Crippen MR) is 132 cm³/mol. The van der Waals surface area contributed by atoms with E-state index in [0.717, 1.165) is 11.0 Å². The Morgan fingerprint density at radius 1 is 0.861 bits per heavy atom. The van der Waals surface area contributed by atoms with E-state index in [9.17, 15) is 13.6 Å². The number of anilines is 2. The number of amides is 2. The van der Waals surface area contributed by atoms with E-state index < -0.39 is 17.7 Å². The van der Waals surface area contributed by atoms with Crippen LogP contribution in [0.15, 0.2) is 60.8 Å². The van der Waals surface area contributed by atoms with Gasteiger partial charge in [0.2, 0.25) is 0 Å². The van der Waals surface area contributed by atoms with Crippen molar-refractivity contribution in [1.29, 1.82) is 0 Å². The Morgan fingerprint density at radius 3 is 2.28 bits per heavy atom. The van der Waals surface area contributed by atoms with Gasteiger partial charge in [-0.3, -0.25) is 9.88 Å². The Balaban J connectivity index is 1.58. The molecule has 8 nitrogen and oxygen atoms in total. The molecule has 0 unspecified atom stereocenters. The number of benzene rings is 3. The molecule has 0 saturated carbocycles. The first-order valence-electron chi connectivity index (χ1n) is 10.7. The number of ether oxygens (including phenoxy) is 4. The minimum Gasteiger partial charge on any atom is -0.494 e. The molecule has 0 atom stereocenters. The molecule has 1 N–H and O–H groups in total. The standard InChI is InChI=1S/C26H23F2N3O5/c1-31(21-8-5-15(27)11-18(21)28)26(32)30-19-7-6-16(12-23(19)33-2)36-22-9-10-29-20-14-25(35-4)24(34-3)13-17(20)22/h5-14H,1-4H3,(H,30,32). The van der Waals surface area contributed by atoms with Crippen molar-refractivity contribution < 1.29 is 32.5 Å². The molecule has 4 rings (SSSR count). The maximum atomic E-state index is 14.1. The largest absolute Gasteiger partial charge is 0.494 e. The van der Waals surface area contributed by atoms with Crippen LogP contribution in [-0.4, -0.2) is 39.4 Å². The van der Waals surface area contributed by atoms with Gasteiger partial charge in [-0.15, -0.1) is 0 Å². The molecule has 0 aliphatic heterocycles. The highest BCUT2D eigenvalue weighted by atomic mass is 19.1. The molecule has 3 aromatic carbocycles. The van der Waals surface area contributed by atoms with Crippen LogP contribution < -0.4 is 29.2 Å². The number of hydrogen-bond acceptors (Lipinski definition) is 6. The van der Waals surface area contributed by atoms with Crippen LogP contribution in [0.2, 0.25) is 0 Å². The number of pyridine rings is 1. The van der Waals surface area contributed by atoms with E-state index in [4.69, 9.17) is 18.9 Å². The summed E-state index contributed by atoms with van der Waals surface area (Å²) in [6.07, 6.45) is 1.61. The minimum absolute atomic E-state index is 0.0792. The van der Waals surface area contributed by atoms with Crippen LogP contribution in [-0.2, 0) is 0 Å². The number of carbonyl (C=O) groups is 1. The van der Waals surface area contributed by atoms with E-state index in [2.05, 4.69) is 10.3 Å². The number of halogens is 2. The van der Waals surface area contributed by atoms with Gasteiger partial charge in [-0.2, -0.15) is 0 Å². The number of fused-ring (bicyclic) bond motifs is 1. The molecule has 186 valence electrons. The van der Waals surface area contributed by atoms with E-state index in [0.29, 0.717) is 51.4 Å². The Bertz CT molecular complexity index is 1430. The summed E-state index contributed by atoms with van der Waals surface area (Å²) < 4.78 is 49.5. The zero-order chi connectivity index (χ0) is 25.8. The summed E-state index contributed by atoms with van der Waals surface area (Å²) >= 11 is 0. The van der Waals surface area contributed by atoms with Crippen molar-refractivity contribution >= 4 is 28.3 Å². The molecule has 0 aliphatic carbocycles. The smallest absolute Gasteiger partial charge is 0.326 e. The van der Waals surface area contributed by atoms with E-state index in [1.807, 2.05) is 0 Å². The lowest BCUT2D eigenvalue weighted by Crippen LogP contribution is -2.32. The van der Waals surface area contributed by atoms with Gasteiger partial charge >= 0.3 is 6.03 Å². The van der Waals surface area contributed by atoms with E-state index in [1.165, 1.54) is 20.2 Å². The van der Waals surface area contributed by atoms with Crippen LogP contribution in [0.4, 0.5) is 25.0 Å². The molecule has 0 aliphatic rings. The van der Waals surface area contributed by atoms with Gasteiger partial charge in [0, 0.05) is 36.8 Å². The highest BCUT2D eigenvalue weighted by molar-refractivity contribution is 6.02. The summed E-state index contributed by atoms with van der Waals surface area (Å²) in [6.45, 7) is 0. The summed E-state index contributed by atoms with van der Waals surface area (Å²) in [6, 6.07) is 12.4. The topological polar surface area (TPSA) is 82.1 Å². The molecule has 0 saturated heterocycles. The third-order valence-corrected chi connectivity index (χ3v) is 5.42. The summed E-state index contributed by atoms with van der Waals surface area (Å²) in [5.74, 6) is 0.744. The average molecular weight is 495 g/mol. The second kappa shape index (κ2) is 10.3. The molecular formula is C26H23F2N3O5. The molecule has 36 heavy (non-hydrogen) atoms. The van der Waals surface area contributed by atoms with Crippen molar-refractivity contribution in [2.75, 3.05) is 38.6 Å². The summed E-state index contributed by atoms with van der Waals surface area (Å²) in [4.78, 5) is 18.1. The Morgan fingerprint density at radius 2 is 1.58 bits per heavy atom. The fourth-order valence-corrected chi connectivity index (χ4v) is 3.56. The molecule has 10 heteroatoms. The maximum Gasteiger partial charge on any atom is 0.326 e. The molecule has 2 amide bonds. The van der Waals surface area contributed by atoms with E-state index in [-0.39, 0.29) is 5.69 Å². The molecule has 0 radical (unpaired) electrons. The zero-order valence-corrected chi connectivity index (χ0v) is 20.0. The number of carbonyl (C=O) groups excluding carboxylic acids is 1. The first-order chi connectivity index (χ1) is 17.3. The van der Waals surface area contributed by atoms with Crippen LogP contribution in [0.3, 0.4) is 0 Å². The Kier molecular flexibility index (Phi) is 7.05. The number of rotatable bonds is 7. The van der Waals surface area contributed by atoms with Crippen molar-refractivity contribution in [1.82, 2.24) is 4.98 Å². The zero-order valence-electron chi connectivity index (χ0n) is 20.0. The minimum atomic E-state index is -0.859. The number of nitrogens with one attached hydrogen (secondary N) is 1. The van der Waals surface area contributed by atoms with Crippen molar-refractivity contribution in [3.8, 4) is 28.7 Å². The predicted octanol–water partition coefficient (Wildman–Crippen LogP) is 6.00. The van der Waals surface area contributed by atoms with Crippen molar-refractivity contribution in [2.45, 2.75) is 0 Å². The fourth-order valence-electron chi connectivity index (χ4n) is 3.56. The van der Waals surface area contributed by atoms with Crippen molar-refractivity contribution in [3.63, 3.8) is 0 Å². The highest BCUT2D eigenvalue weighted by Gasteiger charge is 2.18. The lowest BCUT2D eigenvalue weighted by atomic mass is 10.2. The van der Waals surface area contributed by atoms with Crippen LogP contribution in [0, 0.1) is 11.6 Å². The second-order valence-electron chi connectivity index (χ2n) is 7.58. The third kappa shape index (κ3) is 4.92. The van der Waals surface area contributed by atoms with Gasteiger partial charge in [0.05, 0.1) is 38.2 Å². The number of aromatic nitrogens is 1.